The molecule has 0 N–H and O–H groups in total. The average Bonchev–Trinajstić information content (AvgIpc) is 2.63. The molecule has 0 radical (unpaired) electrons. The van der Waals surface area contributed by atoms with Crippen LogP contribution in [0.2, 0.25) is 5.02 Å². The molecule has 2 aromatic carbocycles. The summed E-state index contributed by atoms with van der Waals surface area (Å²) in [4.78, 5) is 28.0. The predicted molar refractivity (Wildman–Crippen MR) is 104 cm³/mol. The van der Waals surface area contributed by atoms with E-state index in [1.165, 1.54) is 28.5 Å². The first kappa shape index (κ1) is 18.2. The number of aromatic nitrogens is 2. The van der Waals surface area contributed by atoms with Gasteiger partial charge in [0.1, 0.15) is 0 Å². The number of allylic oxidation sites excluding steroid dienone is 1. The SMILES string of the molecule is C=CCn1c(SCc2c(Cl)cccc2[N+](=O)[O-])nc2ccccc2c1=O. The highest BCUT2D eigenvalue weighted by Gasteiger charge is 2.18. The van der Waals surface area contributed by atoms with Crippen LogP contribution in [0, 0.1) is 10.1 Å². The average molecular weight is 388 g/mol. The first-order chi connectivity index (χ1) is 12.5. The van der Waals surface area contributed by atoms with Crippen LogP contribution >= 0.6 is 23.4 Å². The minimum Gasteiger partial charge on any atom is -0.283 e. The van der Waals surface area contributed by atoms with Crippen molar-refractivity contribution >= 4 is 40.0 Å². The van der Waals surface area contributed by atoms with Gasteiger partial charge in [0, 0.05) is 18.4 Å². The Balaban J connectivity index is 2.05. The third-order valence-corrected chi connectivity index (χ3v) is 5.13. The van der Waals surface area contributed by atoms with E-state index in [2.05, 4.69) is 11.6 Å². The number of nitro groups is 1. The highest BCUT2D eigenvalue weighted by Crippen LogP contribution is 2.32. The van der Waals surface area contributed by atoms with Gasteiger partial charge in [-0.15, -0.1) is 6.58 Å². The molecule has 0 saturated heterocycles. The van der Waals surface area contributed by atoms with Gasteiger partial charge in [-0.2, -0.15) is 0 Å². The Morgan fingerprint density at radius 1 is 1.27 bits per heavy atom. The molecule has 0 aliphatic rings. The van der Waals surface area contributed by atoms with Crippen molar-refractivity contribution in [3.05, 3.63) is 86.2 Å². The van der Waals surface area contributed by atoms with Crippen molar-refractivity contribution in [3.8, 4) is 0 Å². The molecule has 0 bridgehead atoms. The van der Waals surface area contributed by atoms with Gasteiger partial charge in [0.2, 0.25) is 0 Å². The number of fused-ring (bicyclic) bond motifs is 1. The van der Waals surface area contributed by atoms with E-state index in [9.17, 15) is 14.9 Å². The molecule has 0 aliphatic heterocycles. The standard InChI is InChI=1S/C18H14ClN3O3S/c1-2-10-21-17(23)12-6-3-4-8-15(12)20-18(21)26-11-13-14(19)7-5-9-16(13)22(24)25/h2-9H,1,10-11H2. The Morgan fingerprint density at radius 2 is 2.04 bits per heavy atom. The van der Waals surface area contributed by atoms with Crippen LogP contribution in [-0.2, 0) is 12.3 Å². The molecule has 1 heterocycles. The molecule has 1 aromatic heterocycles. The molecule has 0 fully saturated rings. The van der Waals surface area contributed by atoms with Crippen LogP contribution in [0.1, 0.15) is 5.56 Å². The van der Waals surface area contributed by atoms with E-state index in [-0.39, 0.29) is 17.0 Å². The molecule has 26 heavy (non-hydrogen) atoms. The van der Waals surface area contributed by atoms with Crippen molar-refractivity contribution in [3.63, 3.8) is 0 Å². The van der Waals surface area contributed by atoms with Crippen LogP contribution < -0.4 is 5.56 Å². The zero-order valence-corrected chi connectivity index (χ0v) is 15.2. The summed E-state index contributed by atoms with van der Waals surface area (Å²) >= 11 is 7.37. The molecule has 8 heteroatoms. The van der Waals surface area contributed by atoms with E-state index < -0.39 is 4.92 Å². The van der Waals surface area contributed by atoms with Gasteiger partial charge in [-0.05, 0) is 18.2 Å². The van der Waals surface area contributed by atoms with Gasteiger partial charge in [-0.1, -0.05) is 47.6 Å². The van der Waals surface area contributed by atoms with E-state index in [4.69, 9.17) is 11.6 Å². The smallest absolute Gasteiger partial charge is 0.274 e. The van der Waals surface area contributed by atoms with E-state index in [1.807, 2.05) is 0 Å². The van der Waals surface area contributed by atoms with E-state index in [0.29, 0.717) is 33.2 Å². The van der Waals surface area contributed by atoms with Crippen LogP contribution in [0.15, 0.2) is 65.1 Å². The van der Waals surface area contributed by atoms with Crippen molar-refractivity contribution in [2.75, 3.05) is 0 Å². The van der Waals surface area contributed by atoms with Crippen molar-refractivity contribution in [1.82, 2.24) is 9.55 Å². The highest BCUT2D eigenvalue weighted by molar-refractivity contribution is 7.98. The fraction of sp³-hybridized carbons (Fsp3) is 0.111. The Bertz CT molecular complexity index is 1070. The zero-order chi connectivity index (χ0) is 18.7. The fourth-order valence-electron chi connectivity index (χ4n) is 2.55. The van der Waals surface area contributed by atoms with Gasteiger partial charge in [-0.3, -0.25) is 19.5 Å². The molecule has 0 atom stereocenters. The van der Waals surface area contributed by atoms with Crippen molar-refractivity contribution in [1.29, 1.82) is 0 Å². The summed E-state index contributed by atoms with van der Waals surface area (Å²) in [5.41, 5.74) is 0.751. The minimum absolute atomic E-state index is 0.0524. The molecule has 0 amide bonds. The molecule has 0 spiro atoms. The lowest BCUT2D eigenvalue weighted by atomic mass is 10.2. The largest absolute Gasteiger partial charge is 0.283 e. The van der Waals surface area contributed by atoms with Crippen molar-refractivity contribution in [2.24, 2.45) is 0 Å². The highest BCUT2D eigenvalue weighted by atomic mass is 35.5. The van der Waals surface area contributed by atoms with Gasteiger partial charge in [-0.25, -0.2) is 4.98 Å². The predicted octanol–water partition coefficient (Wildman–Crippen LogP) is 4.44. The Morgan fingerprint density at radius 3 is 2.77 bits per heavy atom. The maximum Gasteiger partial charge on any atom is 0.274 e. The number of hydrogen-bond donors (Lipinski definition) is 0. The minimum atomic E-state index is -0.466. The molecule has 3 aromatic rings. The second-order valence-electron chi connectivity index (χ2n) is 5.40. The lowest BCUT2D eigenvalue weighted by Crippen LogP contribution is -2.22. The quantitative estimate of drug-likeness (QED) is 0.205. The maximum absolute atomic E-state index is 12.7. The number of nitrogens with zero attached hydrogens (tertiary/aromatic N) is 3. The van der Waals surface area contributed by atoms with Crippen molar-refractivity contribution in [2.45, 2.75) is 17.5 Å². The molecule has 0 unspecified atom stereocenters. The summed E-state index contributed by atoms with van der Waals surface area (Å²) in [6.07, 6.45) is 1.61. The zero-order valence-electron chi connectivity index (χ0n) is 13.6. The van der Waals surface area contributed by atoms with E-state index in [0.717, 1.165) is 0 Å². The number of halogens is 1. The third-order valence-electron chi connectivity index (χ3n) is 3.77. The molecule has 0 saturated carbocycles. The van der Waals surface area contributed by atoms with Crippen LogP contribution in [0.5, 0.6) is 0 Å². The number of benzene rings is 2. The maximum atomic E-state index is 12.7. The molecule has 132 valence electrons. The van der Waals surface area contributed by atoms with Crippen LogP contribution in [0.3, 0.4) is 0 Å². The van der Waals surface area contributed by atoms with Gasteiger partial charge >= 0.3 is 0 Å². The lowest BCUT2D eigenvalue weighted by Gasteiger charge is -2.12. The fourth-order valence-corrected chi connectivity index (χ4v) is 3.91. The van der Waals surface area contributed by atoms with Crippen LogP contribution in [0.25, 0.3) is 10.9 Å². The Labute approximate surface area is 158 Å². The first-order valence-corrected chi connectivity index (χ1v) is 9.04. The Kier molecular flexibility index (Phi) is 5.39. The molecule has 6 nitrogen and oxygen atoms in total. The van der Waals surface area contributed by atoms with E-state index >= 15 is 0 Å². The molecule has 3 rings (SSSR count). The molecule has 0 aliphatic carbocycles. The van der Waals surface area contributed by atoms with E-state index in [1.54, 1.807) is 36.4 Å². The van der Waals surface area contributed by atoms with Crippen molar-refractivity contribution < 1.29 is 4.92 Å². The summed E-state index contributed by atoms with van der Waals surface area (Å²) in [5.74, 6) is 0.220. The second-order valence-corrected chi connectivity index (χ2v) is 6.75. The number of thioether (sulfide) groups is 1. The lowest BCUT2D eigenvalue weighted by molar-refractivity contribution is -0.385. The molecular formula is C18H14ClN3O3S. The van der Waals surface area contributed by atoms with Gasteiger partial charge in [0.15, 0.2) is 5.16 Å². The third kappa shape index (κ3) is 3.49. The summed E-state index contributed by atoms with van der Waals surface area (Å²) < 4.78 is 1.50. The second kappa shape index (κ2) is 7.72. The summed E-state index contributed by atoms with van der Waals surface area (Å²) in [5, 5.41) is 12.5. The molecular weight excluding hydrogens is 374 g/mol. The summed E-state index contributed by atoms with van der Waals surface area (Å²) in [6, 6.07) is 11.6. The topological polar surface area (TPSA) is 78.0 Å². The monoisotopic (exact) mass is 387 g/mol. The number of nitro benzene ring substituents is 1. The summed E-state index contributed by atoms with van der Waals surface area (Å²) in [6.45, 7) is 3.98. The van der Waals surface area contributed by atoms with Gasteiger partial charge in [0.25, 0.3) is 11.2 Å². The van der Waals surface area contributed by atoms with Gasteiger partial charge < -0.3 is 0 Å². The normalized spacial score (nSPS) is 10.8. The van der Waals surface area contributed by atoms with Crippen LogP contribution in [-0.4, -0.2) is 14.5 Å². The number of rotatable bonds is 6. The first-order valence-electron chi connectivity index (χ1n) is 7.68. The van der Waals surface area contributed by atoms with Crippen LogP contribution in [0.4, 0.5) is 5.69 Å². The Hall–Kier alpha value is -2.64. The number of hydrogen-bond acceptors (Lipinski definition) is 5. The number of para-hydroxylation sites is 1. The summed E-state index contributed by atoms with van der Waals surface area (Å²) in [7, 11) is 0. The van der Waals surface area contributed by atoms with Gasteiger partial charge in [0.05, 0.1) is 26.4 Å².